The normalized spacial score (nSPS) is 13.4. The fraction of sp³-hybridized carbons (Fsp3) is 0.211. The molecule has 122 valence electrons. The van der Waals surface area contributed by atoms with Gasteiger partial charge in [-0.2, -0.15) is 0 Å². The molecule has 0 aliphatic carbocycles. The quantitative estimate of drug-likeness (QED) is 0.696. The van der Waals surface area contributed by atoms with Gasteiger partial charge in [-0.05, 0) is 30.3 Å². The first-order chi connectivity index (χ1) is 11.8. The summed E-state index contributed by atoms with van der Waals surface area (Å²) in [4.78, 5) is 4.77. The third-order valence-electron chi connectivity index (χ3n) is 3.88. The van der Waals surface area contributed by atoms with Crippen LogP contribution in [0.5, 0.6) is 17.2 Å². The van der Waals surface area contributed by atoms with Crippen LogP contribution in [0.2, 0.25) is 0 Å². The third-order valence-corrected chi connectivity index (χ3v) is 4.76. The van der Waals surface area contributed by atoms with E-state index in [1.807, 2.05) is 42.5 Å². The van der Waals surface area contributed by atoms with E-state index in [0.717, 1.165) is 45.5 Å². The summed E-state index contributed by atoms with van der Waals surface area (Å²) >= 11 is 1.61. The number of rotatable bonds is 3. The molecule has 0 fully saturated rings. The molecule has 0 radical (unpaired) electrons. The molecule has 0 atom stereocenters. The Morgan fingerprint density at radius 1 is 1.04 bits per heavy atom. The number of benzene rings is 2. The number of ether oxygens (including phenoxy) is 3. The summed E-state index contributed by atoms with van der Waals surface area (Å²) in [6.45, 7) is 1.38. The number of para-hydroxylation sites is 1. The number of fused-ring (bicyclic) bond motifs is 1. The van der Waals surface area contributed by atoms with Crippen molar-refractivity contribution < 1.29 is 14.2 Å². The lowest BCUT2D eigenvalue weighted by Crippen LogP contribution is -1.97. The van der Waals surface area contributed by atoms with E-state index in [1.54, 1.807) is 18.4 Å². The minimum atomic E-state index is 0.681. The standard InChI is InChI=1S/C19H17NO3S/c1-21-16-6-3-2-5-14(16)19-20-15(12-24-19)13-7-8-17-18(11-13)23-10-4-9-22-17/h2-3,5-8,11-12H,4,9-10H2,1H3. The van der Waals surface area contributed by atoms with Crippen molar-refractivity contribution >= 4 is 11.3 Å². The number of methoxy groups -OCH3 is 1. The van der Waals surface area contributed by atoms with E-state index in [9.17, 15) is 0 Å². The van der Waals surface area contributed by atoms with E-state index in [1.165, 1.54) is 0 Å². The van der Waals surface area contributed by atoms with Crippen LogP contribution >= 0.6 is 11.3 Å². The van der Waals surface area contributed by atoms with Crippen molar-refractivity contribution in [3.63, 3.8) is 0 Å². The van der Waals surface area contributed by atoms with E-state index in [-0.39, 0.29) is 0 Å². The van der Waals surface area contributed by atoms with Crippen molar-refractivity contribution in [3.8, 4) is 39.1 Å². The van der Waals surface area contributed by atoms with Gasteiger partial charge in [0.15, 0.2) is 11.5 Å². The second kappa shape index (κ2) is 6.53. The molecule has 1 aliphatic rings. The van der Waals surface area contributed by atoms with Crippen LogP contribution in [-0.4, -0.2) is 25.3 Å². The zero-order chi connectivity index (χ0) is 16.4. The summed E-state index contributed by atoms with van der Waals surface area (Å²) in [5.74, 6) is 2.42. The van der Waals surface area contributed by atoms with Crippen molar-refractivity contribution in [1.29, 1.82) is 0 Å². The largest absolute Gasteiger partial charge is 0.496 e. The summed E-state index contributed by atoms with van der Waals surface area (Å²) in [6.07, 6.45) is 0.901. The molecule has 1 aliphatic heterocycles. The van der Waals surface area contributed by atoms with Crippen LogP contribution in [-0.2, 0) is 0 Å². The fourth-order valence-electron chi connectivity index (χ4n) is 2.67. The van der Waals surface area contributed by atoms with Crippen LogP contribution in [0.1, 0.15) is 6.42 Å². The highest BCUT2D eigenvalue weighted by atomic mass is 32.1. The Bertz CT molecular complexity index is 859. The Kier molecular flexibility index (Phi) is 4.09. The molecular weight excluding hydrogens is 322 g/mol. The molecule has 4 rings (SSSR count). The molecule has 0 amide bonds. The zero-order valence-corrected chi connectivity index (χ0v) is 14.1. The predicted octanol–water partition coefficient (Wildman–Crippen LogP) is 4.65. The molecule has 0 spiro atoms. The van der Waals surface area contributed by atoms with Crippen molar-refractivity contribution in [2.24, 2.45) is 0 Å². The Labute approximate surface area is 144 Å². The lowest BCUT2D eigenvalue weighted by Gasteiger charge is -2.08. The first-order valence-corrected chi connectivity index (χ1v) is 8.72. The van der Waals surface area contributed by atoms with Crippen LogP contribution in [0.15, 0.2) is 47.8 Å². The fourth-order valence-corrected chi connectivity index (χ4v) is 3.53. The van der Waals surface area contributed by atoms with Gasteiger partial charge in [-0.1, -0.05) is 12.1 Å². The van der Waals surface area contributed by atoms with E-state index in [2.05, 4.69) is 5.38 Å². The van der Waals surface area contributed by atoms with E-state index in [0.29, 0.717) is 13.2 Å². The molecule has 1 aromatic heterocycles. The molecule has 2 aromatic carbocycles. The Morgan fingerprint density at radius 2 is 1.88 bits per heavy atom. The first kappa shape index (κ1) is 15.0. The van der Waals surface area contributed by atoms with Crippen molar-refractivity contribution in [3.05, 3.63) is 47.8 Å². The summed E-state index contributed by atoms with van der Waals surface area (Å²) in [5, 5.41) is 3.00. The third kappa shape index (κ3) is 2.83. The number of hydrogen-bond acceptors (Lipinski definition) is 5. The molecule has 4 nitrogen and oxygen atoms in total. The Hall–Kier alpha value is -2.53. The highest BCUT2D eigenvalue weighted by molar-refractivity contribution is 7.13. The highest BCUT2D eigenvalue weighted by Crippen LogP contribution is 2.37. The molecule has 0 unspecified atom stereocenters. The average Bonchev–Trinajstić information content (AvgIpc) is 3.00. The monoisotopic (exact) mass is 339 g/mol. The zero-order valence-electron chi connectivity index (χ0n) is 13.3. The molecular formula is C19H17NO3S. The number of aromatic nitrogens is 1. The SMILES string of the molecule is COc1ccccc1-c1nc(-c2ccc3c(c2)OCCCO3)cs1. The highest BCUT2D eigenvalue weighted by Gasteiger charge is 2.14. The number of hydrogen-bond donors (Lipinski definition) is 0. The van der Waals surface area contributed by atoms with E-state index < -0.39 is 0 Å². The van der Waals surface area contributed by atoms with Gasteiger partial charge in [-0.15, -0.1) is 11.3 Å². The molecule has 5 heteroatoms. The van der Waals surface area contributed by atoms with Crippen molar-refractivity contribution in [2.45, 2.75) is 6.42 Å². The smallest absolute Gasteiger partial charge is 0.161 e. The summed E-state index contributed by atoms with van der Waals surface area (Å²) < 4.78 is 16.9. The predicted molar refractivity (Wildman–Crippen MR) is 95.1 cm³/mol. The van der Waals surface area contributed by atoms with Crippen molar-refractivity contribution in [2.75, 3.05) is 20.3 Å². The number of thiazole rings is 1. The number of nitrogens with zero attached hydrogens (tertiary/aromatic N) is 1. The minimum Gasteiger partial charge on any atom is -0.496 e. The molecule has 24 heavy (non-hydrogen) atoms. The summed E-state index contributed by atoms with van der Waals surface area (Å²) in [7, 11) is 1.68. The van der Waals surface area contributed by atoms with Crippen LogP contribution in [0.3, 0.4) is 0 Å². The summed E-state index contributed by atoms with van der Waals surface area (Å²) in [6, 6.07) is 13.9. The van der Waals surface area contributed by atoms with Crippen LogP contribution in [0, 0.1) is 0 Å². The lowest BCUT2D eigenvalue weighted by atomic mass is 10.1. The second-order valence-corrected chi connectivity index (χ2v) is 6.31. The van der Waals surface area contributed by atoms with Gasteiger partial charge < -0.3 is 14.2 Å². The van der Waals surface area contributed by atoms with Gasteiger partial charge in [-0.25, -0.2) is 4.98 Å². The summed E-state index contributed by atoms with van der Waals surface area (Å²) in [5.41, 5.74) is 2.96. The molecule has 0 saturated carbocycles. The molecule has 0 saturated heterocycles. The van der Waals surface area contributed by atoms with E-state index >= 15 is 0 Å². The van der Waals surface area contributed by atoms with Gasteiger partial charge >= 0.3 is 0 Å². The maximum Gasteiger partial charge on any atom is 0.161 e. The van der Waals surface area contributed by atoms with E-state index in [4.69, 9.17) is 19.2 Å². The van der Waals surface area contributed by atoms with Gasteiger partial charge in [-0.3, -0.25) is 0 Å². The van der Waals surface area contributed by atoms with Gasteiger partial charge in [0.25, 0.3) is 0 Å². The lowest BCUT2D eigenvalue weighted by molar-refractivity contribution is 0.297. The Morgan fingerprint density at radius 3 is 2.75 bits per heavy atom. The minimum absolute atomic E-state index is 0.681. The van der Waals surface area contributed by atoms with Gasteiger partial charge in [0.1, 0.15) is 10.8 Å². The maximum absolute atomic E-state index is 5.77. The van der Waals surface area contributed by atoms with Gasteiger partial charge in [0, 0.05) is 17.4 Å². The molecule has 3 aromatic rings. The van der Waals surface area contributed by atoms with Gasteiger partial charge in [0.05, 0.1) is 31.6 Å². The van der Waals surface area contributed by atoms with Crippen molar-refractivity contribution in [1.82, 2.24) is 4.98 Å². The Balaban J connectivity index is 1.69. The topological polar surface area (TPSA) is 40.6 Å². The first-order valence-electron chi connectivity index (χ1n) is 7.84. The molecule has 0 N–H and O–H groups in total. The van der Waals surface area contributed by atoms with Crippen LogP contribution < -0.4 is 14.2 Å². The second-order valence-electron chi connectivity index (χ2n) is 5.45. The maximum atomic E-state index is 5.77. The average molecular weight is 339 g/mol. The van der Waals surface area contributed by atoms with Gasteiger partial charge in [0.2, 0.25) is 0 Å². The molecule has 0 bridgehead atoms. The van der Waals surface area contributed by atoms with Crippen LogP contribution in [0.4, 0.5) is 0 Å². The van der Waals surface area contributed by atoms with Crippen LogP contribution in [0.25, 0.3) is 21.8 Å². The molecule has 2 heterocycles.